The van der Waals surface area contributed by atoms with E-state index in [1.165, 1.54) is 39.2 Å². The van der Waals surface area contributed by atoms with Gasteiger partial charge in [0.1, 0.15) is 0 Å². The second-order valence-electron chi connectivity index (χ2n) is 5.53. The molecule has 0 radical (unpaired) electrons. The molecule has 1 saturated carbocycles. The Kier molecular flexibility index (Phi) is 7.80. The zero-order chi connectivity index (χ0) is 14.1. The van der Waals surface area contributed by atoms with Crippen LogP contribution in [0.5, 0.6) is 0 Å². The first kappa shape index (κ1) is 16.2. The molecular formula is C16H29NO2. The summed E-state index contributed by atoms with van der Waals surface area (Å²) in [7, 11) is 1.44. The van der Waals surface area contributed by atoms with Gasteiger partial charge in [0.05, 0.1) is 7.11 Å². The zero-order valence-electron chi connectivity index (χ0n) is 12.7. The van der Waals surface area contributed by atoms with E-state index >= 15 is 0 Å². The van der Waals surface area contributed by atoms with Crippen molar-refractivity contribution in [2.24, 2.45) is 11.8 Å². The van der Waals surface area contributed by atoms with E-state index in [4.69, 9.17) is 4.74 Å². The molecule has 0 atom stereocenters. The maximum Gasteiger partial charge on any atom is 0.333 e. The van der Waals surface area contributed by atoms with Gasteiger partial charge >= 0.3 is 5.97 Å². The molecule has 3 heteroatoms. The van der Waals surface area contributed by atoms with Crippen molar-refractivity contribution in [1.29, 1.82) is 0 Å². The summed E-state index contributed by atoms with van der Waals surface area (Å²) in [6.07, 6.45) is 9.52. The van der Waals surface area contributed by atoms with Crippen molar-refractivity contribution in [3.05, 3.63) is 11.6 Å². The van der Waals surface area contributed by atoms with Gasteiger partial charge in [-0.2, -0.15) is 0 Å². The van der Waals surface area contributed by atoms with Crippen LogP contribution in [0, 0.1) is 11.8 Å². The van der Waals surface area contributed by atoms with Crippen molar-refractivity contribution >= 4 is 5.97 Å². The molecule has 1 rings (SSSR count). The molecule has 0 aliphatic heterocycles. The predicted molar refractivity (Wildman–Crippen MR) is 79.0 cm³/mol. The normalized spacial score (nSPS) is 24.3. The standard InChI is InChI=1S/C16H29NO2/c1-4-13-6-8-14(9-7-13)12-17-11-10-15(5-2)16(18)19-3/h10,13-14,17H,4-9,11-12H2,1-3H3/b15-10-. The molecule has 0 saturated heterocycles. The van der Waals surface area contributed by atoms with Gasteiger partial charge in [-0.05, 0) is 37.6 Å². The van der Waals surface area contributed by atoms with Crippen LogP contribution in [-0.4, -0.2) is 26.2 Å². The summed E-state index contributed by atoms with van der Waals surface area (Å²) >= 11 is 0. The summed E-state index contributed by atoms with van der Waals surface area (Å²) in [4.78, 5) is 11.4. The molecule has 1 fully saturated rings. The largest absolute Gasteiger partial charge is 0.466 e. The lowest BCUT2D eigenvalue weighted by Crippen LogP contribution is -2.26. The van der Waals surface area contributed by atoms with Crippen molar-refractivity contribution in [3.8, 4) is 0 Å². The molecule has 0 aromatic carbocycles. The number of nitrogens with one attached hydrogen (secondary N) is 1. The molecule has 0 unspecified atom stereocenters. The van der Waals surface area contributed by atoms with Crippen LogP contribution in [-0.2, 0) is 9.53 Å². The minimum atomic E-state index is -0.201. The Hall–Kier alpha value is -0.830. The van der Waals surface area contributed by atoms with Crippen LogP contribution in [0.4, 0.5) is 0 Å². The maximum atomic E-state index is 11.4. The van der Waals surface area contributed by atoms with Gasteiger partial charge in [0.2, 0.25) is 0 Å². The van der Waals surface area contributed by atoms with Gasteiger partial charge in [-0.1, -0.05) is 39.2 Å². The van der Waals surface area contributed by atoms with E-state index in [9.17, 15) is 4.79 Å². The summed E-state index contributed by atoms with van der Waals surface area (Å²) in [5, 5.41) is 3.45. The average molecular weight is 267 g/mol. The van der Waals surface area contributed by atoms with Gasteiger partial charge < -0.3 is 10.1 Å². The highest BCUT2D eigenvalue weighted by molar-refractivity contribution is 5.88. The Morgan fingerprint density at radius 1 is 1.21 bits per heavy atom. The number of rotatable bonds is 7. The van der Waals surface area contributed by atoms with Crippen molar-refractivity contribution in [2.45, 2.75) is 52.4 Å². The third-order valence-corrected chi connectivity index (χ3v) is 4.30. The average Bonchev–Trinajstić information content (AvgIpc) is 2.47. The lowest BCUT2D eigenvalue weighted by atomic mass is 9.81. The van der Waals surface area contributed by atoms with Crippen molar-refractivity contribution in [2.75, 3.05) is 20.2 Å². The molecular weight excluding hydrogens is 238 g/mol. The number of esters is 1. The fraction of sp³-hybridized carbons (Fsp3) is 0.812. The quantitative estimate of drug-likeness (QED) is 0.437. The highest BCUT2D eigenvalue weighted by atomic mass is 16.5. The third kappa shape index (κ3) is 5.77. The lowest BCUT2D eigenvalue weighted by molar-refractivity contribution is -0.136. The van der Waals surface area contributed by atoms with E-state index in [1.54, 1.807) is 0 Å². The second-order valence-corrected chi connectivity index (χ2v) is 5.53. The molecule has 1 aliphatic carbocycles. The number of hydrogen-bond acceptors (Lipinski definition) is 3. The van der Waals surface area contributed by atoms with Gasteiger partial charge in [-0.15, -0.1) is 0 Å². The van der Waals surface area contributed by atoms with Crippen LogP contribution >= 0.6 is 0 Å². The van der Waals surface area contributed by atoms with Crippen LogP contribution < -0.4 is 5.32 Å². The minimum Gasteiger partial charge on any atom is -0.466 e. The molecule has 0 heterocycles. The molecule has 3 nitrogen and oxygen atoms in total. The number of ether oxygens (including phenoxy) is 1. The van der Waals surface area contributed by atoms with Crippen LogP contribution in [0.3, 0.4) is 0 Å². The summed E-state index contributed by atoms with van der Waals surface area (Å²) in [5.41, 5.74) is 0.768. The minimum absolute atomic E-state index is 0.201. The first-order chi connectivity index (χ1) is 9.21. The number of hydrogen-bond donors (Lipinski definition) is 1. The Morgan fingerprint density at radius 2 is 1.84 bits per heavy atom. The van der Waals surface area contributed by atoms with E-state index < -0.39 is 0 Å². The highest BCUT2D eigenvalue weighted by Gasteiger charge is 2.19. The van der Waals surface area contributed by atoms with E-state index in [2.05, 4.69) is 12.2 Å². The molecule has 19 heavy (non-hydrogen) atoms. The molecule has 0 aromatic heterocycles. The predicted octanol–water partition coefficient (Wildman–Crippen LogP) is 3.30. The summed E-state index contributed by atoms with van der Waals surface area (Å²) in [6, 6.07) is 0. The van der Waals surface area contributed by atoms with E-state index in [0.29, 0.717) is 0 Å². The molecule has 0 amide bonds. The van der Waals surface area contributed by atoms with Gasteiger partial charge in [0, 0.05) is 12.1 Å². The molecule has 1 N–H and O–H groups in total. The SMILES string of the molecule is CC/C(=C/CNCC1CCC(CC)CC1)C(=O)OC. The topological polar surface area (TPSA) is 38.3 Å². The number of methoxy groups -OCH3 is 1. The van der Waals surface area contributed by atoms with Crippen LogP contribution in [0.15, 0.2) is 11.6 Å². The van der Waals surface area contributed by atoms with Crippen LogP contribution in [0.1, 0.15) is 52.4 Å². The Morgan fingerprint density at radius 3 is 2.37 bits per heavy atom. The molecule has 0 spiro atoms. The Bertz CT molecular complexity index is 291. The molecule has 1 aliphatic rings. The Balaban J connectivity index is 2.20. The van der Waals surface area contributed by atoms with E-state index in [1.807, 2.05) is 13.0 Å². The summed E-state index contributed by atoms with van der Waals surface area (Å²) < 4.78 is 4.74. The number of carbonyl (C=O) groups excluding carboxylic acids is 1. The van der Waals surface area contributed by atoms with Crippen LogP contribution in [0.2, 0.25) is 0 Å². The van der Waals surface area contributed by atoms with Gasteiger partial charge in [0.15, 0.2) is 0 Å². The summed E-state index contributed by atoms with van der Waals surface area (Å²) in [5.74, 6) is 1.58. The van der Waals surface area contributed by atoms with E-state index in [-0.39, 0.29) is 5.97 Å². The second kappa shape index (κ2) is 9.13. The van der Waals surface area contributed by atoms with Crippen molar-refractivity contribution < 1.29 is 9.53 Å². The van der Waals surface area contributed by atoms with Crippen molar-refractivity contribution in [3.63, 3.8) is 0 Å². The van der Waals surface area contributed by atoms with E-state index in [0.717, 1.165) is 36.9 Å². The first-order valence-electron chi connectivity index (χ1n) is 7.69. The zero-order valence-corrected chi connectivity index (χ0v) is 12.7. The smallest absolute Gasteiger partial charge is 0.333 e. The van der Waals surface area contributed by atoms with Gasteiger partial charge in [-0.3, -0.25) is 0 Å². The first-order valence-corrected chi connectivity index (χ1v) is 7.69. The molecule has 110 valence electrons. The fourth-order valence-electron chi connectivity index (χ4n) is 2.83. The highest BCUT2D eigenvalue weighted by Crippen LogP contribution is 2.29. The van der Waals surface area contributed by atoms with Crippen LogP contribution in [0.25, 0.3) is 0 Å². The molecule has 0 aromatic rings. The maximum absolute atomic E-state index is 11.4. The summed E-state index contributed by atoms with van der Waals surface area (Å²) in [6.45, 7) is 6.12. The third-order valence-electron chi connectivity index (χ3n) is 4.30. The fourth-order valence-corrected chi connectivity index (χ4v) is 2.83. The van der Waals surface area contributed by atoms with Gasteiger partial charge in [-0.25, -0.2) is 4.79 Å². The monoisotopic (exact) mass is 267 g/mol. The molecule has 0 bridgehead atoms. The van der Waals surface area contributed by atoms with Gasteiger partial charge in [0.25, 0.3) is 0 Å². The number of carbonyl (C=O) groups is 1. The van der Waals surface area contributed by atoms with Crippen molar-refractivity contribution in [1.82, 2.24) is 5.32 Å². The lowest BCUT2D eigenvalue weighted by Gasteiger charge is -2.27. The Labute approximate surface area is 117 Å².